The highest BCUT2D eigenvalue weighted by molar-refractivity contribution is 5.76. The molecule has 1 aliphatic heterocycles. The normalized spacial score (nSPS) is 30.0. The monoisotopic (exact) mass is 296 g/mol. The summed E-state index contributed by atoms with van der Waals surface area (Å²) in [6, 6.07) is 0.156. The van der Waals surface area contributed by atoms with Gasteiger partial charge < -0.3 is 15.3 Å². The molecule has 0 radical (unpaired) electrons. The van der Waals surface area contributed by atoms with Gasteiger partial charge in [0.2, 0.25) is 0 Å². The van der Waals surface area contributed by atoms with E-state index < -0.39 is 11.9 Å². The van der Waals surface area contributed by atoms with Crippen molar-refractivity contribution in [2.24, 2.45) is 17.3 Å². The van der Waals surface area contributed by atoms with Crippen molar-refractivity contribution in [1.29, 1.82) is 0 Å². The molecular weight excluding hydrogens is 268 g/mol. The highest BCUT2D eigenvalue weighted by atomic mass is 16.4. The second-order valence-electron chi connectivity index (χ2n) is 7.67. The van der Waals surface area contributed by atoms with Gasteiger partial charge in [-0.15, -0.1) is 0 Å². The number of aliphatic carboxylic acids is 1. The van der Waals surface area contributed by atoms with Crippen molar-refractivity contribution in [3.8, 4) is 0 Å². The van der Waals surface area contributed by atoms with Gasteiger partial charge in [0.25, 0.3) is 0 Å². The van der Waals surface area contributed by atoms with Gasteiger partial charge in [-0.05, 0) is 43.4 Å². The molecule has 0 spiro atoms. The van der Waals surface area contributed by atoms with Crippen LogP contribution in [0.4, 0.5) is 4.79 Å². The van der Waals surface area contributed by atoms with Gasteiger partial charge in [0.05, 0.1) is 5.92 Å². The van der Waals surface area contributed by atoms with E-state index in [0.29, 0.717) is 24.9 Å². The molecule has 2 rings (SSSR count). The summed E-state index contributed by atoms with van der Waals surface area (Å²) in [6.45, 7) is 7.56. The maximum atomic E-state index is 12.4. The minimum atomic E-state index is -0.793. The second-order valence-corrected chi connectivity index (χ2v) is 7.67. The van der Waals surface area contributed by atoms with Crippen LogP contribution < -0.4 is 5.32 Å². The topological polar surface area (TPSA) is 69.6 Å². The van der Waals surface area contributed by atoms with Crippen molar-refractivity contribution in [2.75, 3.05) is 13.1 Å². The average molecular weight is 296 g/mol. The van der Waals surface area contributed by atoms with Gasteiger partial charge in [0, 0.05) is 19.1 Å². The molecule has 1 heterocycles. The number of rotatable bonds is 2. The van der Waals surface area contributed by atoms with Crippen LogP contribution in [0.1, 0.15) is 52.9 Å². The summed E-state index contributed by atoms with van der Waals surface area (Å²) in [7, 11) is 0. The summed E-state index contributed by atoms with van der Waals surface area (Å²) in [5.74, 6) is -0.973. The molecule has 21 heavy (non-hydrogen) atoms. The van der Waals surface area contributed by atoms with Crippen LogP contribution in [-0.2, 0) is 4.79 Å². The summed E-state index contributed by atoms with van der Waals surface area (Å²) in [5, 5.41) is 12.3. The molecular formula is C16H28N2O3. The van der Waals surface area contributed by atoms with E-state index in [4.69, 9.17) is 0 Å². The van der Waals surface area contributed by atoms with E-state index in [1.165, 1.54) is 0 Å². The number of nitrogens with zero attached hydrogens (tertiary/aromatic N) is 1. The molecule has 2 atom stereocenters. The number of carboxylic acid groups (broad SMARTS) is 1. The van der Waals surface area contributed by atoms with Gasteiger partial charge >= 0.3 is 12.0 Å². The predicted octanol–water partition coefficient (Wildman–Crippen LogP) is 2.71. The van der Waals surface area contributed by atoms with Gasteiger partial charge in [-0.1, -0.05) is 20.8 Å². The van der Waals surface area contributed by atoms with Gasteiger partial charge in [-0.2, -0.15) is 0 Å². The predicted molar refractivity (Wildman–Crippen MR) is 81.0 cm³/mol. The molecule has 2 fully saturated rings. The van der Waals surface area contributed by atoms with Crippen LogP contribution in [0.2, 0.25) is 0 Å². The first-order chi connectivity index (χ1) is 9.77. The van der Waals surface area contributed by atoms with Crippen molar-refractivity contribution < 1.29 is 14.7 Å². The lowest BCUT2D eigenvalue weighted by molar-refractivity contribution is -0.143. The first-order valence-electron chi connectivity index (χ1n) is 8.05. The number of hydrogen-bond donors (Lipinski definition) is 2. The summed E-state index contributed by atoms with van der Waals surface area (Å²) in [6.07, 6.45) is 4.96. The molecule has 1 saturated heterocycles. The zero-order valence-electron chi connectivity index (χ0n) is 13.4. The van der Waals surface area contributed by atoms with Gasteiger partial charge in [0.15, 0.2) is 0 Å². The van der Waals surface area contributed by atoms with Crippen molar-refractivity contribution in [2.45, 2.75) is 58.9 Å². The highest BCUT2D eigenvalue weighted by Gasteiger charge is 2.33. The lowest BCUT2D eigenvalue weighted by atomic mass is 9.75. The highest BCUT2D eigenvalue weighted by Crippen LogP contribution is 2.35. The molecule has 2 unspecified atom stereocenters. The summed E-state index contributed by atoms with van der Waals surface area (Å²) < 4.78 is 0. The Morgan fingerprint density at radius 3 is 2.38 bits per heavy atom. The standard InChI is InChI=1S/C16H28N2O3/c1-11-8-12(14(19)20)10-18(9-11)15(21)17-13-4-6-16(2,3)7-5-13/h11-13H,4-10H2,1-3H3,(H,17,21)(H,19,20). The number of carbonyl (C=O) groups is 2. The smallest absolute Gasteiger partial charge is 0.317 e. The van der Waals surface area contributed by atoms with Crippen molar-refractivity contribution in [1.82, 2.24) is 10.2 Å². The van der Waals surface area contributed by atoms with Crippen LogP contribution >= 0.6 is 0 Å². The van der Waals surface area contributed by atoms with Gasteiger partial charge in [-0.25, -0.2) is 4.79 Å². The SMILES string of the molecule is CC1CC(C(=O)O)CN(C(=O)NC2CCC(C)(C)CC2)C1. The number of carboxylic acids is 1. The first-order valence-corrected chi connectivity index (χ1v) is 8.05. The van der Waals surface area contributed by atoms with E-state index in [9.17, 15) is 14.7 Å². The Bertz CT molecular complexity index is 398. The maximum Gasteiger partial charge on any atom is 0.317 e. The lowest BCUT2D eigenvalue weighted by Crippen LogP contribution is -2.52. The van der Waals surface area contributed by atoms with E-state index in [1.807, 2.05) is 6.92 Å². The molecule has 2 aliphatic rings. The number of amides is 2. The van der Waals surface area contributed by atoms with Crippen molar-refractivity contribution >= 4 is 12.0 Å². The average Bonchev–Trinajstić information content (AvgIpc) is 2.40. The molecule has 2 amide bonds. The molecule has 5 nitrogen and oxygen atoms in total. The zero-order chi connectivity index (χ0) is 15.6. The number of urea groups is 1. The Morgan fingerprint density at radius 1 is 1.19 bits per heavy atom. The Balaban J connectivity index is 1.86. The minimum absolute atomic E-state index is 0.0856. The molecule has 0 aromatic rings. The van der Waals surface area contributed by atoms with Crippen LogP contribution in [0.5, 0.6) is 0 Å². The number of hydrogen-bond acceptors (Lipinski definition) is 2. The minimum Gasteiger partial charge on any atom is -0.481 e. The first kappa shape index (κ1) is 16.1. The molecule has 0 aromatic heterocycles. The zero-order valence-corrected chi connectivity index (χ0v) is 13.4. The Morgan fingerprint density at radius 2 is 1.81 bits per heavy atom. The number of likely N-dealkylation sites (tertiary alicyclic amines) is 1. The lowest BCUT2D eigenvalue weighted by Gasteiger charge is -2.38. The third kappa shape index (κ3) is 4.35. The fourth-order valence-electron chi connectivity index (χ4n) is 3.51. The second kappa shape index (κ2) is 6.24. The van der Waals surface area contributed by atoms with Gasteiger partial charge in [0.1, 0.15) is 0 Å². The Hall–Kier alpha value is -1.26. The molecule has 0 bridgehead atoms. The fraction of sp³-hybridized carbons (Fsp3) is 0.875. The molecule has 0 aromatic carbocycles. The number of piperidine rings is 1. The van der Waals surface area contributed by atoms with Gasteiger partial charge in [-0.3, -0.25) is 4.79 Å². The van der Waals surface area contributed by atoms with E-state index >= 15 is 0 Å². The molecule has 2 N–H and O–H groups in total. The summed E-state index contributed by atoms with van der Waals surface area (Å²) in [4.78, 5) is 25.2. The van der Waals surface area contributed by atoms with Crippen molar-refractivity contribution in [3.05, 3.63) is 0 Å². The summed E-state index contributed by atoms with van der Waals surface area (Å²) >= 11 is 0. The number of nitrogens with one attached hydrogen (secondary N) is 1. The van der Waals surface area contributed by atoms with Crippen molar-refractivity contribution in [3.63, 3.8) is 0 Å². The van der Waals surface area contributed by atoms with Crippen LogP contribution in [0.3, 0.4) is 0 Å². The molecule has 5 heteroatoms. The third-order valence-electron chi connectivity index (χ3n) is 4.96. The fourth-order valence-corrected chi connectivity index (χ4v) is 3.51. The number of carbonyl (C=O) groups excluding carboxylic acids is 1. The van der Waals surface area contributed by atoms with E-state index in [0.717, 1.165) is 25.7 Å². The summed E-state index contributed by atoms with van der Waals surface area (Å²) in [5.41, 5.74) is 0.384. The molecule has 1 aliphatic carbocycles. The van der Waals surface area contributed by atoms with Crippen LogP contribution in [0, 0.1) is 17.3 Å². The quantitative estimate of drug-likeness (QED) is 0.823. The van der Waals surface area contributed by atoms with Crippen LogP contribution in [0.15, 0.2) is 0 Å². The molecule has 1 saturated carbocycles. The maximum absolute atomic E-state index is 12.4. The van der Waals surface area contributed by atoms with E-state index in [1.54, 1.807) is 4.90 Å². The van der Waals surface area contributed by atoms with Crippen LogP contribution in [-0.4, -0.2) is 41.1 Å². The Labute approximate surface area is 127 Å². The largest absolute Gasteiger partial charge is 0.481 e. The van der Waals surface area contributed by atoms with Crippen LogP contribution in [0.25, 0.3) is 0 Å². The Kier molecular flexibility index (Phi) is 4.79. The third-order valence-corrected chi connectivity index (χ3v) is 4.96. The van der Waals surface area contributed by atoms with E-state index in [-0.39, 0.29) is 18.0 Å². The molecule has 120 valence electrons. The van der Waals surface area contributed by atoms with E-state index in [2.05, 4.69) is 19.2 Å².